The number of hydrogen-bond donors (Lipinski definition) is 2. The lowest BCUT2D eigenvalue weighted by molar-refractivity contribution is 0.352. The fourth-order valence-electron chi connectivity index (χ4n) is 2.49. The molecule has 2 N–H and O–H groups in total. The molecule has 0 saturated heterocycles. The van der Waals surface area contributed by atoms with E-state index in [0.717, 1.165) is 43.5 Å². The van der Waals surface area contributed by atoms with Crippen LogP contribution in [0.5, 0.6) is 23.0 Å². The smallest absolute Gasteiger partial charge is 0.268 e. The molecule has 0 fully saturated rings. The second-order valence-electron chi connectivity index (χ2n) is 5.96. The third-order valence-electron chi connectivity index (χ3n) is 3.91. The second-order valence-corrected chi connectivity index (χ2v) is 7.58. The number of nitrogens with one attached hydrogen (secondary N) is 1. The van der Waals surface area contributed by atoms with Crippen LogP contribution in [-0.2, 0) is 10.0 Å². The zero-order chi connectivity index (χ0) is 22.9. The summed E-state index contributed by atoms with van der Waals surface area (Å²) in [7, 11) is -3.99. The van der Waals surface area contributed by atoms with Crippen molar-refractivity contribution >= 4 is 15.7 Å². The van der Waals surface area contributed by atoms with Crippen LogP contribution in [0.2, 0.25) is 0 Å². The Kier molecular flexibility index (Phi) is 5.93. The van der Waals surface area contributed by atoms with Gasteiger partial charge in [-0.3, -0.25) is 4.72 Å². The van der Waals surface area contributed by atoms with Crippen molar-refractivity contribution in [2.75, 3.05) is 11.8 Å². The molecular weight excluding hydrogens is 449 g/mol. The van der Waals surface area contributed by atoms with Gasteiger partial charge < -0.3 is 14.6 Å². The molecule has 0 aliphatic rings. The van der Waals surface area contributed by atoms with E-state index >= 15 is 0 Å². The lowest BCUT2D eigenvalue weighted by Gasteiger charge is -2.16. The van der Waals surface area contributed by atoms with E-state index < -0.39 is 55.4 Å². The number of sulfonamides is 1. The number of halogens is 5. The van der Waals surface area contributed by atoms with Crippen LogP contribution in [0.3, 0.4) is 0 Å². The van der Waals surface area contributed by atoms with Gasteiger partial charge in [-0.25, -0.2) is 26.0 Å². The minimum absolute atomic E-state index is 0.232. The summed E-state index contributed by atoms with van der Waals surface area (Å²) in [5.74, 6) is -12.3. The van der Waals surface area contributed by atoms with Crippen molar-refractivity contribution in [2.24, 2.45) is 0 Å². The van der Waals surface area contributed by atoms with E-state index in [0.29, 0.717) is 6.07 Å². The Morgan fingerprint density at radius 2 is 1.48 bits per heavy atom. The molecule has 0 bridgehead atoms. The Morgan fingerprint density at radius 3 is 2.06 bits per heavy atom. The molecule has 0 radical (unpaired) electrons. The predicted octanol–water partition coefficient (Wildman–Crippen LogP) is 4.69. The number of phenolic OH excluding ortho intramolecular Hbond substituents is 1. The minimum Gasteiger partial charge on any atom is -0.508 e. The van der Waals surface area contributed by atoms with Crippen LogP contribution in [0.4, 0.5) is 27.6 Å². The number of ether oxygens (including phenoxy) is 2. The van der Waals surface area contributed by atoms with Crippen LogP contribution in [0.25, 0.3) is 0 Å². The largest absolute Gasteiger partial charge is 0.508 e. The first-order chi connectivity index (χ1) is 14.5. The molecule has 0 aromatic heterocycles. The van der Waals surface area contributed by atoms with E-state index in [9.17, 15) is 35.5 Å². The zero-order valence-corrected chi connectivity index (χ0v) is 16.2. The third kappa shape index (κ3) is 4.33. The Balaban J connectivity index is 2.13. The number of methoxy groups -OCH3 is 1. The van der Waals surface area contributed by atoms with Crippen molar-refractivity contribution in [2.45, 2.75) is 4.90 Å². The molecule has 3 aromatic carbocycles. The first-order valence-corrected chi connectivity index (χ1v) is 9.72. The minimum atomic E-state index is -5.15. The number of hydrogen-bond acceptors (Lipinski definition) is 5. The summed E-state index contributed by atoms with van der Waals surface area (Å²) >= 11 is 0. The van der Waals surface area contributed by atoms with Gasteiger partial charge in [-0.05, 0) is 36.4 Å². The first-order valence-electron chi connectivity index (χ1n) is 8.24. The summed E-state index contributed by atoms with van der Waals surface area (Å²) in [6, 6.07) is 6.96. The van der Waals surface area contributed by atoms with Crippen LogP contribution in [0, 0.1) is 29.1 Å². The number of benzene rings is 3. The molecular formula is C19H12F5NO5S. The maximum Gasteiger partial charge on any atom is 0.268 e. The molecule has 0 aliphatic heterocycles. The van der Waals surface area contributed by atoms with E-state index in [4.69, 9.17) is 4.74 Å². The second kappa shape index (κ2) is 8.30. The molecule has 0 heterocycles. The number of rotatable bonds is 6. The van der Waals surface area contributed by atoms with Crippen LogP contribution in [0.15, 0.2) is 47.4 Å². The monoisotopic (exact) mass is 461 g/mol. The lowest BCUT2D eigenvalue weighted by atomic mass is 10.2. The van der Waals surface area contributed by atoms with Crippen LogP contribution in [-0.4, -0.2) is 20.6 Å². The van der Waals surface area contributed by atoms with Gasteiger partial charge in [0.15, 0.2) is 33.8 Å². The first kappa shape index (κ1) is 22.2. The van der Waals surface area contributed by atoms with Crippen LogP contribution < -0.4 is 14.2 Å². The average molecular weight is 461 g/mol. The van der Waals surface area contributed by atoms with Gasteiger partial charge >= 0.3 is 0 Å². The summed E-state index contributed by atoms with van der Waals surface area (Å²) in [6.45, 7) is 0. The molecule has 0 aliphatic carbocycles. The van der Waals surface area contributed by atoms with Gasteiger partial charge in [-0.2, -0.15) is 4.39 Å². The molecule has 3 rings (SSSR count). The topological polar surface area (TPSA) is 84.9 Å². The van der Waals surface area contributed by atoms with Crippen molar-refractivity contribution in [3.63, 3.8) is 0 Å². The molecule has 0 amide bonds. The van der Waals surface area contributed by atoms with Crippen molar-refractivity contribution in [3.8, 4) is 23.0 Å². The Morgan fingerprint density at radius 1 is 0.871 bits per heavy atom. The van der Waals surface area contributed by atoms with Crippen molar-refractivity contribution in [1.82, 2.24) is 0 Å². The van der Waals surface area contributed by atoms with E-state index in [1.165, 1.54) is 0 Å². The fraction of sp³-hybridized carbons (Fsp3) is 0.0526. The van der Waals surface area contributed by atoms with Gasteiger partial charge in [0.1, 0.15) is 11.5 Å². The number of anilines is 1. The quantitative estimate of drug-likeness (QED) is 0.316. The molecule has 6 nitrogen and oxygen atoms in total. The molecule has 0 spiro atoms. The van der Waals surface area contributed by atoms with E-state index in [2.05, 4.69) is 4.74 Å². The van der Waals surface area contributed by atoms with Crippen molar-refractivity contribution in [1.29, 1.82) is 0 Å². The van der Waals surface area contributed by atoms with Crippen molar-refractivity contribution in [3.05, 3.63) is 71.6 Å². The van der Waals surface area contributed by atoms with Gasteiger partial charge in [-0.1, -0.05) is 0 Å². The maximum atomic E-state index is 14.5. The summed E-state index contributed by atoms with van der Waals surface area (Å²) < 4.78 is 107. The summed E-state index contributed by atoms with van der Waals surface area (Å²) in [5, 5.41) is 9.27. The van der Waals surface area contributed by atoms with E-state index in [-0.39, 0.29) is 17.2 Å². The van der Waals surface area contributed by atoms with Gasteiger partial charge in [0.25, 0.3) is 10.0 Å². The summed E-state index contributed by atoms with van der Waals surface area (Å²) in [6.07, 6.45) is 0. The molecule has 0 atom stereocenters. The number of phenols is 1. The Hall–Kier alpha value is -3.54. The number of aromatic hydroxyl groups is 1. The predicted molar refractivity (Wildman–Crippen MR) is 98.2 cm³/mol. The molecule has 12 heteroatoms. The van der Waals surface area contributed by atoms with Crippen molar-refractivity contribution < 1.29 is 45.0 Å². The standard InChI is InChI=1S/C19H12F5NO5S/c1-29-13-7-2-9(8-12(13)20)25-31(27,28)19-17(24)15(22)14(21)16(23)18(19)30-11-5-3-10(26)4-6-11/h2-8,25-26H,1H3. The lowest BCUT2D eigenvalue weighted by Crippen LogP contribution is -2.18. The summed E-state index contributed by atoms with van der Waals surface area (Å²) in [5.41, 5.74) is -0.446. The van der Waals surface area contributed by atoms with Gasteiger partial charge in [0.2, 0.25) is 11.6 Å². The molecule has 31 heavy (non-hydrogen) atoms. The average Bonchev–Trinajstić information content (AvgIpc) is 2.71. The molecule has 0 unspecified atom stereocenters. The van der Waals surface area contributed by atoms with Gasteiger partial charge in [0.05, 0.1) is 12.8 Å². The van der Waals surface area contributed by atoms with Gasteiger partial charge in [-0.15, -0.1) is 0 Å². The van der Waals surface area contributed by atoms with E-state index in [1.54, 1.807) is 4.72 Å². The molecule has 164 valence electrons. The van der Waals surface area contributed by atoms with Gasteiger partial charge in [0, 0.05) is 6.07 Å². The zero-order valence-electron chi connectivity index (χ0n) is 15.4. The molecule has 0 saturated carbocycles. The Bertz CT molecular complexity index is 1250. The highest BCUT2D eigenvalue weighted by atomic mass is 32.2. The summed E-state index contributed by atoms with van der Waals surface area (Å²) in [4.78, 5) is -1.69. The maximum absolute atomic E-state index is 14.5. The highest BCUT2D eigenvalue weighted by Gasteiger charge is 2.35. The molecule has 3 aromatic rings. The fourth-order valence-corrected chi connectivity index (χ4v) is 3.73. The highest BCUT2D eigenvalue weighted by Crippen LogP contribution is 2.38. The highest BCUT2D eigenvalue weighted by molar-refractivity contribution is 7.92. The van der Waals surface area contributed by atoms with Crippen LogP contribution >= 0.6 is 0 Å². The van der Waals surface area contributed by atoms with E-state index in [1.807, 2.05) is 0 Å². The third-order valence-corrected chi connectivity index (χ3v) is 5.32. The normalized spacial score (nSPS) is 11.3. The van der Waals surface area contributed by atoms with Crippen LogP contribution in [0.1, 0.15) is 0 Å². The SMILES string of the molecule is COc1ccc(NS(=O)(=O)c2c(F)c(F)c(F)c(F)c2Oc2ccc(O)cc2)cc1F. The Labute approximate surface area is 172 Å².